The minimum atomic E-state index is -0.383. The van der Waals surface area contributed by atoms with Crippen molar-refractivity contribution in [2.24, 2.45) is 5.92 Å². The second kappa shape index (κ2) is 8.19. The topological polar surface area (TPSA) is 110 Å². The lowest BCUT2D eigenvalue weighted by atomic mass is 10.1. The molecule has 0 fully saturated rings. The lowest BCUT2D eigenvalue weighted by Gasteiger charge is -1.99. The predicted molar refractivity (Wildman–Crippen MR) is 99.6 cm³/mol. The molecule has 2 N–H and O–H groups in total. The van der Waals surface area contributed by atoms with E-state index in [0.29, 0.717) is 21.9 Å². The fourth-order valence-corrected chi connectivity index (χ4v) is 3.75. The number of carbonyl (C=O) groups excluding carboxylic acids is 2. The molecule has 26 heavy (non-hydrogen) atoms. The molecular weight excluding hydrogens is 374 g/mol. The first-order valence-corrected chi connectivity index (χ1v) is 9.60. The summed E-state index contributed by atoms with van der Waals surface area (Å²) in [5.41, 5.74) is 0.564. The Labute approximate surface area is 157 Å². The van der Waals surface area contributed by atoms with Gasteiger partial charge in [0.1, 0.15) is 5.01 Å². The van der Waals surface area contributed by atoms with Gasteiger partial charge in [-0.25, -0.2) is 4.98 Å². The lowest BCUT2D eigenvalue weighted by molar-refractivity contribution is -0.115. The normalized spacial score (nSPS) is 10.9. The molecule has 0 bridgehead atoms. The van der Waals surface area contributed by atoms with Gasteiger partial charge in [-0.2, -0.15) is 0 Å². The molecule has 10 heteroatoms. The summed E-state index contributed by atoms with van der Waals surface area (Å²) in [6.45, 7) is 4.20. The molecule has 3 rings (SSSR count). The lowest BCUT2D eigenvalue weighted by Crippen LogP contribution is -2.15. The fraction of sp³-hybridized carbons (Fsp3) is 0.312. The van der Waals surface area contributed by atoms with Crippen LogP contribution >= 0.6 is 22.7 Å². The van der Waals surface area contributed by atoms with E-state index in [-0.39, 0.29) is 24.0 Å². The van der Waals surface area contributed by atoms with Gasteiger partial charge in [0.05, 0.1) is 18.4 Å². The third kappa shape index (κ3) is 4.96. The van der Waals surface area contributed by atoms with Crippen molar-refractivity contribution in [2.45, 2.75) is 26.7 Å². The van der Waals surface area contributed by atoms with E-state index in [4.69, 9.17) is 4.42 Å². The van der Waals surface area contributed by atoms with Gasteiger partial charge in [0, 0.05) is 11.8 Å². The van der Waals surface area contributed by atoms with Gasteiger partial charge in [0.15, 0.2) is 10.9 Å². The molecule has 0 spiro atoms. The molecule has 3 heterocycles. The maximum absolute atomic E-state index is 12.1. The third-order valence-electron chi connectivity index (χ3n) is 3.15. The highest BCUT2D eigenvalue weighted by Gasteiger charge is 2.14. The molecule has 0 atom stereocenters. The molecular formula is C16H17N5O3S2. The van der Waals surface area contributed by atoms with Crippen LogP contribution in [-0.2, 0) is 17.6 Å². The molecule has 0 aliphatic carbocycles. The molecule has 2 amide bonds. The van der Waals surface area contributed by atoms with Gasteiger partial charge in [-0.05, 0) is 18.1 Å². The van der Waals surface area contributed by atoms with Crippen molar-refractivity contribution >= 4 is 44.8 Å². The first kappa shape index (κ1) is 18.2. The number of hydrogen-bond donors (Lipinski definition) is 2. The van der Waals surface area contributed by atoms with E-state index in [1.807, 2.05) is 0 Å². The Balaban J connectivity index is 1.52. The van der Waals surface area contributed by atoms with Gasteiger partial charge in [-0.15, -0.1) is 21.5 Å². The van der Waals surface area contributed by atoms with Gasteiger partial charge in [-0.3, -0.25) is 14.9 Å². The van der Waals surface area contributed by atoms with E-state index in [9.17, 15) is 9.59 Å². The average molecular weight is 391 g/mol. The minimum Gasteiger partial charge on any atom is -0.459 e. The van der Waals surface area contributed by atoms with E-state index in [0.717, 1.165) is 11.4 Å². The van der Waals surface area contributed by atoms with Crippen molar-refractivity contribution in [3.05, 3.63) is 40.2 Å². The van der Waals surface area contributed by atoms with Crippen LogP contribution in [0.2, 0.25) is 0 Å². The average Bonchev–Trinajstić information content (AvgIpc) is 3.29. The van der Waals surface area contributed by atoms with Crippen LogP contribution in [0, 0.1) is 5.92 Å². The Bertz CT molecular complexity index is 885. The Kier molecular flexibility index (Phi) is 5.74. The van der Waals surface area contributed by atoms with Crippen molar-refractivity contribution in [3.63, 3.8) is 0 Å². The van der Waals surface area contributed by atoms with Gasteiger partial charge < -0.3 is 9.73 Å². The third-order valence-corrected chi connectivity index (χ3v) is 4.82. The van der Waals surface area contributed by atoms with E-state index >= 15 is 0 Å². The summed E-state index contributed by atoms with van der Waals surface area (Å²) < 4.78 is 5.02. The second-order valence-corrected chi connectivity index (χ2v) is 7.82. The number of nitrogens with one attached hydrogen (secondary N) is 2. The Morgan fingerprint density at radius 2 is 2.08 bits per heavy atom. The van der Waals surface area contributed by atoms with Crippen LogP contribution in [0.3, 0.4) is 0 Å². The number of aromatic nitrogens is 3. The van der Waals surface area contributed by atoms with Crippen LogP contribution in [0.5, 0.6) is 0 Å². The fourth-order valence-electron chi connectivity index (χ4n) is 2.08. The zero-order valence-electron chi connectivity index (χ0n) is 14.2. The number of thiazole rings is 1. The molecule has 0 aromatic carbocycles. The molecule has 0 aliphatic heterocycles. The summed E-state index contributed by atoms with van der Waals surface area (Å²) in [5, 5.41) is 16.9. The number of nitrogens with zero attached hydrogens (tertiary/aromatic N) is 3. The van der Waals surface area contributed by atoms with E-state index in [1.54, 1.807) is 17.5 Å². The van der Waals surface area contributed by atoms with Crippen LogP contribution in [0.15, 0.2) is 28.2 Å². The van der Waals surface area contributed by atoms with Gasteiger partial charge >= 0.3 is 0 Å². The van der Waals surface area contributed by atoms with Crippen LogP contribution in [-0.4, -0.2) is 27.0 Å². The Hall–Kier alpha value is -2.59. The number of rotatable bonds is 7. The van der Waals surface area contributed by atoms with Crippen LogP contribution in [0.4, 0.5) is 10.3 Å². The SMILES string of the molecule is CC(C)Cc1nnc(NC(=O)Cc2csc(NC(=O)c3ccco3)n2)s1. The van der Waals surface area contributed by atoms with Crippen LogP contribution in [0.1, 0.15) is 35.1 Å². The summed E-state index contributed by atoms with van der Waals surface area (Å²) in [6, 6.07) is 3.19. The first-order valence-electron chi connectivity index (χ1n) is 7.91. The zero-order valence-corrected chi connectivity index (χ0v) is 15.8. The highest BCUT2D eigenvalue weighted by atomic mass is 32.1. The van der Waals surface area contributed by atoms with Crippen molar-refractivity contribution in [1.82, 2.24) is 15.2 Å². The summed E-state index contributed by atoms with van der Waals surface area (Å²) in [4.78, 5) is 28.3. The molecule has 0 saturated heterocycles. The quantitative estimate of drug-likeness (QED) is 0.640. The van der Waals surface area contributed by atoms with Crippen LogP contribution in [0.25, 0.3) is 0 Å². The number of anilines is 2. The van der Waals surface area contributed by atoms with Gasteiger partial charge in [0.25, 0.3) is 5.91 Å². The maximum atomic E-state index is 12.1. The van der Waals surface area contributed by atoms with Crippen molar-refractivity contribution in [2.75, 3.05) is 10.6 Å². The summed E-state index contributed by atoms with van der Waals surface area (Å²) in [6.07, 6.45) is 2.34. The predicted octanol–water partition coefficient (Wildman–Crippen LogP) is 3.22. The summed E-state index contributed by atoms with van der Waals surface area (Å²) in [5.74, 6) is 0.0719. The van der Waals surface area contributed by atoms with Crippen LogP contribution < -0.4 is 10.6 Å². The van der Waals surface area contributed by atoms with E-state index < -0.39 is 0 Å². The molecule has 0 saturated carbocycles. The number of carbonyl (C=O) groups is 2. The number of hydrogen-bond acceptors (Lipinski definition) is 8. The zero-order chi connectivity index (χ0) is 18.5. The molecule has 8 nitrogen and oxygen atoms in total. The Morgan fingerprint density at radius 1 is 1.23 bits per heavy atom. The second-order valence-electron chi connectivity index (χ2n) is 5.90. The molecule has 136 valence electrons. The smallest absolute Gasteiger partial charge is 0.293 e. The van der Waals surface area contributed by atoms with Gasteiger partial charge in [-0.1, -0.05) is 25.2 Å². The molecule has 3 aromatic heterocycles. The number of furan rings is 1. The minimum absolute atomic E-state index is 0.0895. The van der Waals surface area contributed by atoms with Gasteiger partial charge in [0.2, 0.25) is 11.0 Å². The first-order chi connectivity index (χ1) is 12.5. The highest BCUT2D eigenvalue weighted by Crippen LogP contribution is 2.20. The summed E-state index contributed by atoms with van der Waals surface area (Å²) >= 11 is 2.62. The Morgan fingerprint density at radius 3 is 2.81 bits per heavy atom. The standard InChI is InChI=1S/C16H17N5O3S2/c1-9(2)6-13-20-21-16(26-13)18-12(22)7-10-8-25-15(17-10)19-14(23)11-4-3-5-24-11/h3-5,8-9H,6-7H2,1-2H3,(H,17,19,23)(H,18,21,22). The monoisotopic (exact) mass is 391 g/mol. The summed E-state index contributed by atoms with van der Waals surface area (Å²) in [7, 11) is 0. The molecule has 0 radical (unpaired) electrons. The number of amides is 2. The molecule has 0 unspecified atom stereocenters. The van der Waals surface area contributed by atoms with Crippen molar-refractivity contribution in [3.8, 4) is 0 Å². The highest BCUT2D eigenvalue weighted by molar-refractivity contribution is 7.15. The van der Waals surface area contributed by atoms with Crippen molar-refractivity contribution in [1.29, 1.82) is 0 Å². The largest absolute Gasteiger partial charge is 0.459 e. The molecule has 3 aromatic rings. The van der Waals surface area contributed by atoms with E-state index in [1.165, 1.54) is 28.9 Å². The molecule has 0 aliphatic rings. The maximum Gasteiger partial charge on any atom is 0.293 e. The van der Waals surface area contributed by atoms with Crippen molar-refractivity contribution < 1.29 is 14.0 Å². The van der Waals surface area contributed by atoms with E-state index in [2.05, 4.69) is 39.7 Å².